The van der Waals surface area contributed by atoms with E-state index in [2.05, 4.69) is 0 Å². The lowest BCUT2D eigenvalue weighted by Gasteiger charge is -2.23. The minimum absolute atomic E-state index is 0.00273. The van der Waals surface area contributed by atoms with Crippen molar-refractivity contribution in [3.63, 3.8) is 0 Å². The van der Waals surface area contributed by atoms with E-state index >= 15 is 0 Å². The first-order valence-electron chi connectivity index (χ1n) is 3.93. The summed E-state index contributed by atoms with van der Waals surface area (Å²) in [6.45, 7) is 1.07. The van der Waals surface area contributed by atoms with Gasteiger partial charge in [0.2, 0.25) is 0 Å². The molecule has 1 aromatic carbocycles. The van der Waals surface area contributed by atoms with Crippen molar-refractivity contribution < 1.29 is 13.9 Å². The zero-order valence-electron chi connectivity index (χ0n) is 7.52. The van der Waals surface area contributed by atoms with E-state index in [-0.39, 0.29) is 10.6 Å². The van der Waals surface area contributed by atoms with Gasteiger partial charge >= 0.3 is 0 Å². The Labute approximate surface area is 85.3 Å². The normalized spacial score (nSPS) is 15.3. The van der Waals surface area contributed by atoms with Gasteiger partial charge in [-0.1, -0.05) is 11.6 Å². The highest BCUT2D eigenvalue weighted by molar-refractivity contribution is 6.31. The van der Waals surface area contributed by atoms with Crippen LogP contribution in [0.15, 0.2) is 12.1 Å². The molecule has 1 atom stereocenters. The molecule has 78 valence electrons. The van der Waals surface area contributed by atoms with Crippen LogP contribution in [0.1, 0.15) is 12.5 Å². The van der Waals surface area contributed by atoms with Gasteiger partial charge in [-0.3, -0.25) is 0 Å². The van der Waals surface area contributed by atoms with Crippen LogP contribution in [0.4, 0.5) is 8.78 Å². The molecule has 0 heterocycles. The number of hydrogen-bond acceptors (Lipinski definition) is 2. The maximum Gasteiger partial charge on any atom is 0.160 e. The molecule has 0 saturated carbocycles. The Morgan fingerprint density at radius 3 is 2.43 bits per heavy atom. The van der Waals surface area contributed by atoms with Crippen LogP contribution in [0.5, 0.6) is 0 Å². The molecule has 0 unspecified atom stereocenters. The van der Waals surface area contributed by atoms with Gasteiger partial charge in [0.15, 0.2) is 11.6 Å². The van der Waals surface area contributed by atoms with Gasteiger partial charge in [0.05, 0.1) is 12.1 Å². The zero-order chi connectivity index (χ0) is 10.9. The highest BCUT2D eigenvalue weighted by atomic mass is 35.5. The Hall–Kier alpha value is -0.710. The molecule has 1 rings (SSSR count). The molecule has 0 amide bonds. The number of halogens is 3. The smallest absolute Gasteiger partial charge is 0.160 e. The first-order chi connectivity index (χ1) is 6.38. The van der Waals surface area contributed by atoms with E-state index in [4.69, 9.17) is 22.4 Å². The molecule has 5 heteroatoms. The Balaban J connectivity index is 3.29. The van der Waals surface area contributed by atoms with Crippen molar-refractivity contribution in [3.05, 3.63) is 34.4 Å². The Kier molecular flexibility index (Phi) is 3.09. The average molecular weight is 222 g/mol. The van der Waals surface area contributed by atoms with Crippen molar-refractivity contribution in [1.82, 2.24) is 0 Å². The number of benzene rings is 1. The van der Waals surface area contributed by atoms with Crippen molar-refractivity contribution in [2.75, 3.05) is 6.61 Å². The molecule has 0 aliphatic carbocycles. The fourth-order valence-electron chi connectivity index (χ4n) is 1.05. The Morgan fingerprint density at radius 2 is 1.93 bits per heavy atom. The summed E-state index contributed by atoms with van der Waals surface area (Å²) >= 11 is 5.67. The van der Waals surface area contributed by atoms with Gasteiger partial charge in [-0.15, -0.1) is 0 Å². The van der Waals surface area contributed by atoms with Crippen molar-refractivity contribution in [2.45, 2.75) is 12.5 Å². The number of aliphatic hydroxyl groups is 1. The molecular formula is C9H10ClF2NO. The second-order valence-corrected chi connectivity index (χ2v) is 3.73. The maximum absolute atomic E-state index is 12.9. The molecule has 0 aliphatic heterocycles. The standard InChI is InChI=1S/C9H10ClF2NO/c1-9(13,4-14)5-2-7(11)8(12)3-6(5)10/h2-3,14H,4,13H2,1H3/t9-/m0/s1. The minimum atomic E-state index is -1.17. The predicted molar refractivity (Wildman–Crippen MR) is 50.0 cm³/mol. The topological polar surface area (TPSA) is 46.2 Å². The summed E-state index contributed by atoms with van der Waals surface area (Å²) in [5.74, 6) is -2.07. The van der Waals surface area contributed by atoms with Crippen LogP contribution < -0.4 is 5.73 Å². The van der Waals surface area contributed by atoms with Crippen molar-refractivity contribution >= 4 is 11.6 Å². The van der Waals surface area contributed by atoms with Gasteiger partial charge < -0.3 is 10.8 Å². The highest BCUT2D eigenvalue weighted by Crippen LogP contribution is 2.27. The van der Waals surface area contributed by atoms with E-state index in [0.29, 0.717) is 0 Å². The maximum atomic E-state index is 12.9. The first kappa shape index (κ1) is 11.4. The lowest BCUT2D eigenvalue weighted by Crippen LogP contribution is -2.37. The summed E-state index contributed by atoms with van der Waals surface area (Å²) in [5, 5.41) is 8.93. The van der Waals surface area contributed by atoms with Gasteiger partial charge in [-0.2, -0.15) is 0 Å². The Bertz CT molecular complexity index is 355. The van der Waals surface area contributed by atoms with E-state index in [9.17, 15) is 8.78 Å². The number of hydrogen-bond donors (Lipinski definition) is 2. The summed E-state index contributed by atoms with van der Waals surface area (Å²) in [7, 11) is 0. The van der Waals surface area contributed by atoms with Gasteiger partial charge in [0.25, 0.3) is 0 Å². The van der Waals surface area contributed by atoms with Crippen LogP contribution in [-0.4, -0.2) is 11.7 Å². The number of aliphatic hydroxyl groups excluding tert-OH is 1. The van der Waals surface area contributed by atoms with Crippen LogP contribution in [0.25, 0.3) is 0 Å². The molecule has 0 aliphatic rings. The molecular weight excluding hydrogens is 212 g/mol. The minimum Gasteiger partial charge on any atom is -0.394 e. The van der Waals surface area contributed by atoms with Crippen LogP contribution in [0.3, 0.4) is 0 Å². The van der Waals surface area contributed by atoms with Crippen LogP contribution in [-0.2, 0) is 5.54 Å². The monoisotopic (exact) mass is 221 g/mol. The van der Waals surface area contributed by atoms with E-state index in [1.54, 1.807) is 0 Å². The average Bonchev–Trinajstić information content (AvgIpc) is 2.11. The number of rotatable bonds is 2. The third-order valence-corrected chi connectivity index (χ3v) is 2.27. The van der Waals surface area contributed by atoms with E-state index in [1.807, 2.05) is 0 Å². The summed E-state index contributed by atoms with van der Waals surface area (Å²) in [6, 6.07) is 1.74. The molecule has 0 radical (unpaired) electrons. The SMILES string of the molecule is C[C@](N)(CO)c1cc(F)c(F)cc1Cl. The molecule has 14 heavy (non-hydrogen) atoms. The molecule has 3 N–H and O–H groups in total. The largest absolute Gasteiger partial charge is 0.394 e. The Morgan fingerprint density at radius 1 is 1.43 bits per heavy atom. The lowest BCUT2D eigenvalue weighted by molar-refractivity contribution is 0.209. The quantitative estimate of drug-likeness (QED) is 0.748. The fourth-order valence-corrected chi connectivity index (χ4v) is 1.41. The van der Waals surface area contributed by atoms with Crippen LogP contribution in [0, 0.1) is 11.6 Å². The van der Waals surface area contributed by atoms with E-state index in [0.717, 1.165) is 12.1 Å². The van der Waals surface area contributed by atoms with Gasteiger partial charge in [0.1, 0.15) is 0 Å². The summed E-state index contributed by atoms with van der Waals surface area (Å²) in [6.07, 6.45) is 0. The second-order valence-electron chi connectivity index (χ2n) is 3.32. The van der Waals surface area contributed by atoms with Gasteiger partial charge in [0, 0.05) is 5.02 Å². The summed E-state index contributed by atoms with van der Waals surface area (Å²) < 4.78 is 25.5. The van der Waals surface area contributed by atoms with Gasteiger partial charge in [-0.05, 0) is 24.6 Å². The lowest BCUT2D eigenvalue weighted by atomic mass is 9.94. The molecule has 1 aromatic rings. The molecule has 2 nitrogen and oxygen atoms in total. The fraction of sp³-hybridized carbons (Fsp3) is 0.333. The molecule has 0 fully saturated rings. The summed E-state index contributed by atoms with van der Waals surface area (Å²) in [5.41, 5.74) is 4.64. The van der Waals surface area contributed by atoms with E-state index in [1.165, 1.54) is 6.92 Å². The third-order valence-electron chi connectivity index (χ3n) is 1.95. The number of nitrogens with two attached hydrogens (primary N) is 1. The molecule has 0 saturated heterocycles. The zero-order valence-corrected chi connectivity index (χ0v) is 8.28. The first-order valence-corrected chi connectivity index (χ1v) is 4.31. The predicted octanol–water partition coefficient (Wildman–Crippen LogP) is 1.78. The van der Waals surface area contributed by atoms with Gasteiger partial charge in [-0.25, -0.2) is 8.78 Å². The van der Waals surface area contributed by atoms with E-state index < -0.39 is 23.8 Å². The third kappa shape index (κ3) is 2.03. The molecule has 0 spiro atoms. The second kappa shape index (κ2) is 3.81. The van der Waals surface area contributed by atoms with Crippen LogP contribution >= 0.6 is 11.6 Å². The molecule has 0 aromatic heterocycles. The van der Waals surface area contributed by atoms with Crippen molar-refractivity contribution in [2.24, 2.45) is 5.73 Å². The van der Waals surface area contributed by atoms with Crippen molar-refractivity contribution in [1.29, 1.82) is 0 Å². The summed E-state index contributed by atoms with van der Waals surface area (Å²) in [4.78, 5) is 0. The van der Waals surface area contributed by atoms with Crippen molar-refractivity contribution in [3.8, 4) is 0 Å². The highest BCUT2D eigenvalue weighted by Gasteiger charge is 2.24. The molecule has 0 bridgehead atoms. The van der Waals surface area contributed by atoms with Crippen LogP contribution in [0.2, 0.25) is 5.02 Å².